The second-order valence-electron chi connectivity index (χ2n) is 2.00. The number of carbonyl (C=O) groups excluding carboxylic acids is 3. The summed E-state index contributed by atoms with van der Waals surface area (Å²) in [5.74, 6) is -2.48. The van der Waals surface area contributed by atoms with Gasteiger partial charge in [0.05, 0.1) is 0 Å². The number of rotatable bonds is 0. The lowest BCUT2D eigenvalue weighted by Gasteiger charge is -2.24. The van der Waals surface area contributed by atoms with Gasteiger partial charge in [-0.05, 0) is 0 Å². The molecule has 1 heterocycles. The summed E-state index contributed by atoms with van der Waals surface area (Å²) >= 11 is 0. The smallest absolute Gasteiger partial charge is 0.277 e. The van der Waals surface area contributed by atoms with Crippen LogP contribution in [-0.2, 0) is 9.59 Å². The van der Waals surface area contributed by atoms with E-state index in [4.69, 9.17) is 10.4 Å². The van der Waals surface area contributed by atoms with E-state index in [1.807, 2.05) is 0 Å². The number of carbonyl (C=O) groups is 3. The Hall–Kier alpha value is -1.73. The van der Waals surface area contributed by atoms with Gasteiger partial charge >= 0.3 is 6.03 Å². The Morgan fingerprint density at radius 1 is 1.00 bits per heavy atom. The predicted octanol–water partition coefficient (Wildman–Crippen LogP) is -0.888. The van der Waals surface area contributed by atoms with Gasteiger partial charge in [-0.15, -0.1) is 10.1 Å². The summed E-state index contributed by atoms with van der Waals surface area (Å²) in [6.07, 6.45) is 0. The van der Waals surface area contributed by atoms with Crippen molar-refractivity contribution in [1.82, 2.24) is 10.1 Å². The fourth-order valence-electron chi connectivity index (χ4n) is 0.611. The third-order valence-electron chi connectivity index (χ3n) is 1.26. The Morgan fingerprint density at radius 3 is 1.67 bits per heavy atom. The van der Waals surface area contributed by atoms with Crippen molar-refractivity contribution in [3.05, 3.63) is 12.2 Å². The Kier molecular flexibility index (Phi) is 1.67. The fraction of sp³-hybridized carbons (Fsp3) is 0. The molecule has 0 aromatic heterocycles. The van der Waals surface area contributed by atoms with E-state index in [0.29, 0.717) is 0 Å². The van der Waals surface area contributed by atoms with E-state index >= 15 is 0 Å². The zero-order valence-electron chi connectivity index (χ0n) is 5.72. The maximum Gasteiger partial charge on any atom is 0.382 e. The third-order valence-corrected chi connectivity index (χ3v) is 1.26. The van der Waals surface area contributed by atoms with E-state index in [9.17, 15) is 14.4 Å². The number of hydrogen-bond donors (Lipinski definition) is 2. The molecule has 0 radical (unpaired) electrons. The van der Waals surface area contributed by atoms with Gasteiger partial charge in [0.15, 0.2) is 0 Å². The highest BCUT2D eigenvalue weighted by molar-refractivity contribution is 6.27. The van der Waals surface area contributed by atoms with Gasteiger partial charge in [0, 0.05) is 0 Å². The van der Waals surface area contributed by atoms with Crippen molar-refractivity contribution in [2.75, 3.05) is 0 Å². The molecule has 7 heteroatoms. The minimum atomic E-state index is -1.52. The van der Waals surface area contributed by atoms with Gasteiger partial charge in [-0.3, -0.25) is 20.0 Å². The van der Waals surface area contributed by atoms with Crippen molar-refractivity contribution in [2.45, 2.75) is 0 Å². The first-order valence-electron chi connectivity index (χ1n) is 2.76. The number of hydrogen-bond acceptors (Lipinski definition) is 5. The Bertz CT molecular complexity index is 270. The molecule has 1 aliphatic rings. The lowest BCUT2D eigenvalue weighted by Crippen LogP contribution is -2.53. The van der Waals surface area contributed by atoms with Crippen LogP contribution in [0.15, 0.2) is 12.2 Å². The Balaban J connectivity index is 3.07. The van der Waals surface area contributed by atoms with E-state index in [0.717, 1.165) is 0 Å². The van der Waals surface area contributed by atoms with Crippen LogP contribution in [0.25, 0.3) is 0 Å². The first-order chi connectivity index (χ1) is 5.46. The molecule has 1 rings (SSSR count). The number of amides is 4. The highest BCUT2D eigenvalue weighted by Gasteiger charge is 2.40. The maximum atomic E-state index is 10.7. The molecule has 12 heavy (non-hydrogen) atoms. The summed E-state index contributed by atoms with van der Waals surface area (Å²) < 4.78 is 0. The molecular weight excluding hydrogens is 168 g/mol. The Labute approximate surface area is 66.0 Å². The van der Waals surface area contributed by atoms with Gasteiger partial charge < -0.3 is 0 Å². The van der Waals surface area contributed by atoms with E-state index in [1.54, 1.807) is 0 Å². The number of barbiturate groups is 1. The van der Waals surface area contributed by atoms with Crippen molar-refractivity contribution >= 4 is 17.8 Å². The van der Waals surface area contributed by atoms with Crippen LogP contribution in [0, 0.1) is 0 Å². The molecule has 1 aliphatic heterocycles. The summed E-state index contributed by atoms with van der Waals surface area (Å²) in [7, 11) is 0. The minimum absolute atomic E-state index is 0.399. The van der Waals surface area contributed by atoms with Crippen LogP contribution >= 0.6 is 0 Å². The summed E-state index contributed by atoms with van der Waals surface area (Å²) in [5, 5.41) is 16.5. The van der Waals surface area contributed by atoms with Crippen LogP contribution < -0.4 is 0 Å². The maximum absolute atomic E-state index is 10.7. The van der Waals surface area contributed by atoms with E-state index in [1.165, 1.54) is 0 Å². The monoisotopic (exact) mass is 172 g/mol. The zero-order chi connectivity index (χ0) is 9.46. The van der Waals surface area contributed by atoms with Crippen molar-refractivity contribution in [3.63, 3.8) is 0 Å². The van der Waals surface area contributed by atoms with Gasteiger partial charge in [0.25, 0.3) is 11.8 Å². The molecule has 0 unspecified atom stereocenters. The molecule has 2 N–H and O–H groups in total. The van der Waals surface area contributed by atoms with Gasteiger partial charge in [-0.25, -0.2) is 4.79 Å². The molecule has 1 saturated heterocycles. The van der Waals surface area contributed by atoms with Gasteiger partial charge in [0.2, 0.25) is 0 Å². The van der Waals surface area contributed by atoms with Crippen LogP contribution in [0.4, 0.5) is 4.79 Å². The Morgan fingerprint density at radius 2 is 1.33 bits per heavy atom. The molecular formula is C5H4N2O5. The van der Waals surface area contributed by atoms with Gasteiger partial charge in [0.1, 0.15) is 5.57 Å². The average molecular weight is 172 g/mol. The van der Waals surface area contributed by atoms with Crippen LogP contribution in [0.5, 0.6) is 0 Å². The first-order valence-corrected chi connectivity index (χ1v) is 2.76. The topological polar surface area (TPSA) is 98.2 Å². The van der Waals surface area contributed by atoms with Gasteiger partial charge in [-0.2, -0.15) is 0 Å². The lowest BCUT2D eigenvalue weighted by atomic mass is 10.2. The first kappa shape index (κ1) is 8.37. The van der Waals surface area contributed by atoms with Crippen LogP contribution in [0.2, 0.25) is 0 Å². The number of hydroxylamine groups is 4. The lowest BCUT2D eigenvalue weighted by molar-refractivity contribution is -0.177. The summed E-state index contributed by atoms with van der Waals surface area (Å²) in [6, 6.07) is -1.52. The highest BCUT2D eigenvalue weighted by atomic mass is 16.6. The molecule has 64 valence electrons. The molecule has 0 aromatic carbocycles. The molecule has 7 nitrogen and oxygen atoms in total. The highest BCUT2D eigenvalue weighted by Crippen LogP contribution is 2.11. The van der Waals surface area contributed by atoms with Crippen LogP contribution in [0.3, 0.4) is 0 Å². The van der Waals surface area contributed by atoms with Crippen LogP contribution in [-0.4, -0.2) is 38.4 Å². The van der Waals surface area contributed by atoms with Gasteiger partial charge in [-0.1, -0.05) is 6.58 Å². The standard InChI is InChI=1S/C5H4N2O5/c1-2-3(8)6(11)5(10)7(12)4(2)9/h11-12H,1H2. The van der Waals surface area contributed by atoms with Crippen LogP contribution in [0.1, 0.15) is 0 Å². The molecule has 1 fully saturated rings. The number of imide groups is 2. The average Bonchev–Trinajstić information content (AvgIpc) is 2.08. The predicted molar refractivity (Wildman–Crippen MR) is 31.8 cm³/mol. The molecule has 0 spiro atoms. The van der Waals surface area contributed by atoms with E-state index < -0.39 is 33.5 Å². The summed E-state index contributed by atoms with van der Waals surface area (Å²) in [5.41, 5.74) is -0.681. The molecule has 0 saturated carbocycles. The number of urea groups is 1. The molecule has 0 bridgehead atoms. The largest absolute Gasteiger partial charge is 0.382 e. The molecule has 0 atom stereocenters. The van der Waals surface area contributed by atoms with Crippen molar-refractivity contribution in [2.24, 2.45) is 0 Å². The summed E-state index contributed by atoms with van der Waals surface area (Å²) in [6.45, 7) is 2.96. The molecule has 4 amide bonds. The number of nitrogens with zero attached hydrogens (tertiary/aromatic N) is 2. The fourth-order valence-corrected chi connectivity index (χ4v) is 0.611. The quantitative estimate of drug-likeness (QED) is 0.280. The molecule has 0 aliphatic carbocycles. The normalized spacial score (nSPS) is 19.2. The molecule has 0 aromatic rings. The second kappa shape index (κ2) is 2.40. The van der Waals surface area contributed by atoms with Crippen molar-refractivity contribution in [1.29, 1.82) is 0 Å². The van der Waals surface area contributed by atoms with Crippen molar-refractivity contribution < 1.29 is 24.8 Å². The third kappa shape index (κ3) is 0.881. The summed E-state index contributed by atoms with van der Waals surface area (Å²) in [4.78, 5) is 31.9. The SMILES string of the molecule is C=C1C(=O)N(O)C(=O)N(O)C1=O. The zero-order valence-corrected chi connectivity index (χ0v) is 5.72. The minimum Gasteiger partial charge on any atom is -0.277 e. The second-order valence-corrected chi connectivity index (χ2v) is 2.00. The van der Waals surface area contributed by atoms with E-state index in [-0.39, 0.29) is 0 Å². The van der Waals surface area contributed by atoms with E-state index in [2.05, 4.69) is 6.58 Å². The van der Waals surface area contributed by atoms with Crippen molar-refractivity contribution in [3.8, 4) is 0 Å².